The van der Waals surface area contributed by atoms with E-state index in [-0.39, 0.29) is 11.8 Å². The minimum absolute atomic E-state index is 0.110. The summed E-state index contributed by atoms with van der Waals surface area (Å²) >= 11 is 3.45. The van der Waals surface area contributed by atoms with Gasteiger partial charge in [0.2, 0.25) is 0 Å². The number of ketones is 1. The Labute approximate surface area is 168 Å². The molecule has 1 unspecified atom stereocenters. The van der Waals surface area contributed by atoms with Crippen molar-refractivity contribution in [2.45, 2.75) is 19.4 Å². The molecule has 0 saturated heterocycles. The number of benzene rings is 3. The van der Waals surface area contributed by atoms with Crippen LogP contribution in [0.15, 0.2) is 83.3 Å². The third kappa shape index (κ3) is 5.44. The van der Waals surface area contributed by atoms with E-state index in [0.29, 0.717) is 13.0 Å². The van der Waals surface area contributed by atoms with Crippen LogP contribution >= 0.6 is 15.9 Å². The molecular formula is C23H22BrNO2. The lowest BCUT2D eigenvalue weighted by Gasteiger charge is -2.20. The quantitative estimate of drug-likeness (QED) is 0.433. The van der Waals surface area contributed by atoms with E-state index in [0.717, 1.165) is 27.0 Å². The third-order valence-corrected chi connectivity index (χ3v) is 4.79. The Bertz CT molecular complexity index is 861. The van der Waals surface area contributed by atoms with E-state index in [1.165, 1.54) is 0 Å². The first-order valence-electron chi connectivity index (χ1n) is 8.99. The first kappa shape index (κ1) is 19.2. The summed E-state index contributed by atoms with van der Waals surface area (Å²) in [5, 5.41) is 3.49. The van der Waals surface area contributed by atoms with E-state index >= 15 is 0 Å². The molecule has 1 atom stereocenters. The van der Waals surface area contributed by atoms with Gasteiger partial charge in [0, 0.05) is 22.1 Å². The highest BCUT2D eigenvalue weighted by molar-refractivity contribution is 9.10. The number of carbonyl (C=O) groups is 1. The highest BCUT2D eigenvalue weighted by atomic mass is 79.9. The smallest absolute Gasteiger partial charge is 0.165 e. The molecule has 0 amide bonds. The van der Waals surface area contributed by atoms with Crippen LogP contribution in [0, 0.1) is 0 Å². The summed E-state index contributed by atoms with van der Waals surface area (Å²) in [5.41, 5.74) is 2.75. The van der Waals surface area contributed by atoms with Crippen LogP contribution in [0.2, 0.25) is 0 Å². The summed E-state index contributed by atoms with van der Waals surface area (Å²) in [5.74, 6) is 0.942. The maximum Gasteiger partial charge on any atom is 0.165 e. The van der Waals surface area contributed by atoms with E-state index in [1.54, 1.807) is 0 Å². The van der Waals surface area contributed by atoms with Gasteiger partial charge in [-0.2, -0.15) is 0 Å². The van der Waals surface area contributed by atoms with E-state index in [4.69, 9.17) is 4.74 Å². The number of carbonyl (C=O) groups excluding carboxylic acids is 1. The summed E-state index contributed by atoms with van der Waals surface area (Å²) in [6.07, 6.45) is 0.369. The van der Waals surface area contributed by atoms with Gasteiger partial charge in [-0.15, -0.1) is 0 Å². The third-order valence-electron chi connectivity index (χ3n) is 4.26. The molecule has 0 spiro atoms. The Morgan fingerprint density at radius 3 is 2.26 bits per heavy atom. The monoisotopic (exact) mass is 423 g/mol. The average molecular weight is 424 g/mol. The maximum absolute atomic E-state index is 12.8. The van der Waals surface area contributed by atoms with E-state index in [1.807, 2.05) is 85.8 Å². The predicted octanol–water partition coefficient (Wildman–Crippen LogP) is 6.27. The van der Waals surface area contributed by atoms with Gasteiger partial charge in [-0.3, -0.25) is 4.79 Å². The van der Waals surface area contributed by atoms with Crippen molar-refractivity contribution in [2.24, 2.45) is 0 Å². The Morgan fingerprint density at radius 2 is 1.63 bits per heavy atom. The number of nitrogens with one attached hydrogen (secondary N) is 1. The average Bonchev–Trinajstić information content (AvgIpc) is 2.70. The molecule has 0 radical (unpaired) electrons. The van der Waals surface area contributed by atoms with Gasteiger partial charge in [-0.1, -0.05) is 58.4 Å². The van der Waals surface area contributed by atoms with Gasteiger partial charge < -0.3 is 10.1 Å². The molecule has 138 valence electrons. The number of ether oxygens (including phenoxy) is 1. The van der Waals surface area contributed by atoms with Crippen LogP contribution in [0.25, 0.3) is 0 Å². The lowest BCUT2D eigenvalue weighted by Crippen LogP contribution is -2.16. The van der Waals surface area contributed by atoms with Crippen molar-refractivity contribution in [3.63, 3.8) is 0 Å². The zero-order valence-corrected chi connectivity index (χ0v) is 16.8. The number of Topliss-reactive ketones (excluding diaryl/α,β-unsaturated/α-hetero) is 1. The van der Waals surface area contributed by atoms with Crippen molar-refractivity contribution < 1.29 is 9.53 Å². The normalized spacial score (nSPS) is 11.6. The second-order valence-electron chi connectivity index (χ2n) is 6.20. The largest absolute Gasteiger partial charge is 0.494 e. The Kier molecular flexibility index (Phi) is 6.66. The molecule has 3 aromatic rings. The number of hydrogen-bond donors (Lipinski definition) is 1. The Hall–Kier alpha value is -2.59. The molecule has 0 aliphatic carbocycles. The van der Waals surface area contributed by atoms with Gasteiger partial charge in [0.1, 0.15) is 5.75 Å². The van der Waals surface area contributed by atoms with Crippen LogP contribution in [0.3, 0.4) is 0 Å². The molecular weight excluding hydrogens is 402 g/mol. The van der Waals surface area contributed by atoms with Gasteiger partial charge in [0.25, 0.3) is 0 Å². The van der Waals surface area contributed by atoms with Crippen LogP contribution in [-0.4, -0.2) is 12.4 Å². The van der Waals surface area contributed by atoms with E-state index < -0.39 is 0 Å². The van der Waals surface area contributed by atoms with Gasteiger partial charge in [-0.25, -0.2) is 0 Å². The first-order valence-corrected chi connectivity index (χ1v) is 9.78. The number of rotatable bonds is 8. The molecule has 0 aromatic heterocycles. The Morgan fingerprint density at radius 1 is 0.963 bits per heavy atom. The SMILES string of the molecule is CCOc1ccc(C(CC(=O)c2ccccc2)Nc2ccc(Br)cc2)cc1. The molecule has 27 heavy (non-hydrogen) atoms. The summed E-state index contributed by atoms with van der Waals surface area (Å²) in [6, 6.07) is 25.2. The minimum Gasteiger partial charge on any atom is -0.494 e. The Balaban J connectivity index is 1.83. The van der Waals surface area contributed by atoms with Crippen LogP contribution in [0.4, 0.5) is 5.69 Å². The minimum atomic E-state index is -0.130. The maximum atomic E-state index is 12.8. The zero-order chi connectivity index (χ0) is 19.1. The van der Waals surface area contributed by atoms with Crippen LogP contribution in [0.1, 0.15) is 35.3 Å². The molecule has 0 fully saturated rings. The van der Waals surface area contributed by atoms with Crippen LogP contribution < -0.4 is 10.1 Å². The van der Waals surface area contributed by atoms with Crippen molar-refractivity contribution in [1.29, 1.82) is 0 Å². The van der Waals surface area contributed by atoms with Crippen LogP contribution in [0.5, 0.6) is 5.75 Å². The molecule has 3 nitrogen and oxygen atoms in total. The fourth-order valence-corrected chi connectivity index (χ4v) is 3.15. The molecule has 0 bridgehead atoms. The molecule has 3 aromatic carbocycles. The van der Waals surface area contributed by atoms with Crippen molar-refractivity contribution in [3.8, 4) is 5.75 Å². The molecule has 0 saturated carbocycles. The zero-order valence-electron chi connectivity index (χ0n) is 15.2. The van der Waals surface area contributed by atoms with Crippen molar-refractivity contribution >= 4 is 27.4 Å². The number of hydrogen-bond acceptors (Lipinski definition) is 3. The summed E-state index contributed by atoms with van der Waals surface area (Å²) in [6.45, 7) is 2.59. The van der Waals surface area contributed by atoms with Crippen molar-refractivity contribution in [2.75, 3.05) is 11.9 Å². The van der Waals surface area contributed by atoms with Gasteiger partial charge in [-0.05, 0) is 48.9 Å². The summed E-state index contributed by atoms with van der Waals surface area (Å²) in [7, 11) is 0. The van der Waals surface area contributed by atoms with Gasteiger partial charge in [0.15, 0.2) is 5.78 Å². The molecule has 1 N–H and O–H groups in total. The second kappa shape index (κ2) is 9.38. The highest BCUT2D eigenvalue weighted by Gasteiger charge is 2.17. The lowest BCUT2D eigenvalue weighted by molar-refractivity contribution is 0.0976. The fourth-order valence-electron chi connectivity index (χ4n) is 2.89. The van der Waals surface area contributed by atoms with E-state index in [2.05, 4.69) is 21.2 Å². The number of anilines is 1. The predicted molar refractivity (Wildman–Crippen MR) is 114 cm³/mol. The summed E-state index contributed by atoms with van der Waals surface area (Å²) < 4.78 is 6.55. The fraction of sp³-hybridized carbons (Fsp3) is 0.174. The topological polar surface area (TPSA) is 38.3 Å². The first-order chi connectivity index (χ1) is 13.2. The molecule has 0 heterocycles. The van der Waals surface area contributed by atoms with Crippen molar-refractivity contribution in [3.05, 3.63) is 94.5 Å². The molecule has 3 rings (SSSR count). The standard InChI is InChI=1S/C23H22BrNO2/c1-2-27-21-14-8-17(9-15-21)22(25-20-12-10-19(24)11-13-20)16-23(26)18-6-4-3-5-7-18/h3-15,22,25H,2,16H2,1H3. The van der Waals surface area contributed by atoms with Gasteiger partial charge >= 0.3 is 0 Å². The van der Waals surface area contributed by atoms with Crippen molar-refractivity contribution in [1.82, 2.24) is 0 Å². The molecule has 0 aliphatic heterocycles. The highest BCUT2D eigenvalue weighted by Crippen LogP contribution is 2.27. The molecule has 0 aliphatic rings. The van der Waals surface area contributed by atoms with Gasteiger partial charge in [0.05, 0.1) is 12.6 Å². The van der Waals surface area contributed by atoms with Crippen LogP contribution in [-0.2, 0) is 0 Å². The summed E-state index contributed by atoms with van der Waals surface area (Å²) in [4.78, 5) is 12.8. The van der Waals surface area contributed by atoms with E-state index in [9.17, 15) is 4.79 Å². The molecule has 4 heteroatoms. The lowest BCUT2D eigenvalue weighted by atomic mass is 9.97. The number of halogens is 1. The second-order valence-corrected chi connectivity index (χ2v) is 7.11.